The highest BCUT2D eigenvalue weighted by molar-refractivity contribution is 5.70. The van der Waals surface area contributed by atoms with Crippen LogP contribution in [-0.2, 0) is 11.2 Å². The van der Waals surface area contributed by atoms with Crippen LogP contribution < -0.4 is 4.74 Å². The number of carbonyl (C=O) groups is 1. The molecular formula is C10H8FNO3. The van der Waals surface area contributed by atoms with Crippen molar-refractivity contribution in [2.24, 2.45) is 0 Å². The van der Waals surface area contributed by atoms with Crippen LogP contribution in [0.4, 0.5) is 4.39 Å². The van der Waals surface area contributed by atoms with Gasteiger partial charge in [0.05, 0.1) is 12.5 Å². The van der Waals surface area contributed by atoms with Crippen molar-refractivity contribution in [3.8, 4) is 11.8 Å². The summed E-state index contributed by atoms with van der Waals surface area (Å²) >= 11 is 0. The standard InChI is InChI=1S/C10H8FNO3/c11-9(10(13)14)15-8-3-1-7(2-4-8)5-6-12/h1-4,9H,5H2,(H,13,14). The van der Waals surface area contributed by atoms with E-state index in [1.165, 1.54) is 12.1 Å². The number of halogens is 1. The fraction of sp³-hybridized carbons (Fsp3) is 0.200. The van der Waals surface area contributed by atoms with E-state index in [2.05, 4.69) is 4.74 Å². The molecule has 1 atom stereocenters. The van der Waals surface area contributed by atoms with E-state index in [-0.39, 0.29) is 12.2 Å². The maximum Gasteiger partial charge on any atom is 0.378 e. The highest BCUT2D eigenvalue weighted by Gasteiger charge is 2.16. The van der Waals surface area contributed by atoms with Gasteiger partial charge < -0.3 is 9.84 Å². The Labute approximate surface area is 85.5 Å². The van der Waals surface area contributed by atoms with Crippen LogP contribution in [0.15, 0.2) is 24.3 Å². The molecule has 0 radical (unpaired) electrons. The molecule has 0 bridgehead atoms. The van der Waals surface area contributed by atoms with Crippen LogP contribution in [-0.4, -0.2) is 17.4 Å². The van der Waals surface area contributed by atoms with Gasteiger partial charge in [0, 0.05) is 0 Å². The van der Waals surface area contributed by atoms with Crippen LogP contribution in [0.2, 0.25) is 0 Å². The summed E-state index contributed by atoms with van der Waals surface area (Å²) in [6.45, 7) is 0. The molecule has 0 amide bonds. The second-order valence-electron chi connectivity index (χ2n) is 2.75. The molecule has 1 aromatic carbocycles. The molecule has 1 unspecified atom stereocenters. The van der Waals surface area contributed by atoms with Crippen LogP contribution >= 0.6 is 0 Å². The predicted molar refractivity (Wildman–Crippen MR) is 48.9 cm³/mol. The Morgan fingerprint density at radius 1 is 1.53 bits per heavy atom. The first-order chi connectivity index (χ1) is 7.13. The van der Waals surface area contributed by atoms with Crippen molar-refractivity contribution >= 4 is 5.97 Å². The lowest BCUT2D eigenvalue weighted by molar-refractivity contribution is -0.153. The number of nitrogens with zero attached hydrogens (tertiary/aromatic N) is 1. The van der Waals surface area contributed by atoms with Gasteiger partial charge in [-0.05, 0) is 17.7 Å². The molecule has 4 nitrogen and oxygen atoms in total. The highest BCUT2D eigenvalue weighted by Crippen LogP contribution is 2.14. The first-order valence-corrected chi connectivity index (χ1v) is 4.13. The molecule has 1 N–H and O–H groups in total. The zero-order valence-electron chi connectivity index (χ0n) is 7.68. The molecule has 0 heterocycles. The molecule has 0 saturated heterocycles. The van der Waals surface area contributed by atoms with E-state index in [0.717, 1.165) is 5.56 Å². The van der Waals surface area contributed by atoms with Gasteiger partial charge in [-0.3, -0.25) is 0 Å². The summed E-state index contributed by atoms with van der Waals surface area (Å²) in [6.07, 6.45) is -2.12. The number of alkyl halides is 1. The number of benzene rings is 1. The molecule has 0 saturated carbocycles. The average Bonchev–Trinajstić information content (AvgIpc) is 2.21. The molecule has 5 heteroatoms. The molecule has 0 aliphatic heterocycles. The van der Waals surface area contributed by atoms with E-state index < -0.39 is 12.3 Å². The van der Waals surface area contributed by atoms with Crippen molar-refractivity contribution in [3.05, 3.63) is 29.8 Å². The SMILES string of the molecule is N#CCc1ccc(OC(F)C(=O)O)cc1. The van der Waals surface area contributed by atoms with Crippen LogP contribution in [0.3, 0.4) is 0 Å². The monoisotopic (exact) mass is 209 g/mol. The number of rotatable bonds is 4. The Hall–Kier alpha value is -2.09. The second kappa shape index (κ2) is 4.96. The van der Waals surface area contributed by atoms with E-state index in [4.69, 9.17) is 10.4 Å². The van der Waals surface area contributed by atoms with Crippen molar-refractivity contribution in [2.75, 3.05) is 0 Å². The van der Waals surface area contributed by atoms with Crippen molar-refractivity contribution in [2.45, 2.75) is 12.8 Å². The molecule has 0 fully saturated rings. The molecule has 0 aromatic heterocycles. The number of nitriles is 1. The summed E-state index contributed by atoms with van der Waals surface area (Å²) in [5, 5.41) is 16.6. The third-order valence-corrected chi connectivity index (χ3v) is 1.64. The summed E-state index contributed by atoms with van der Waals surface area (Å²) in [5.74, 6) is -1.55. The van der Waals surface area contributed by atoms with Crippen molar-refractivity contribution in [1.82, 2.24) is 0 Å². The lowest BCUT2D eigenvalue weighted by atomic mass is 10.2. The van der Waals surface area contributed by atoms with E-state index in [9.17, 15) is 9.18 Å². The van der Waals surface area contributed by atoms with E-state index in [1.807, 2.05) is 6.07 Å². The van der Waals surface area contributed by atoms with Crippen LogP contribution in [0, 0.1) is 11.3 Å². The third kappa shape index (κ3) is 3.27. The maximum absolute atomic E-state index is 12.6. The van der Waals surface area contributed by atoms with Gasteiger partial charge in [-0.25, -0.2) is 4.79 Å². The molecule has 0 aliphatic rings. The third-order valence-electron chi connectivity index (χ3n) is 1.64. The number of hydrogen-bond donors (Lipinski definition) is 1. The Kier molecular flexibility index (Phi) is 3.63. The van der Waals surface area contributed by atoms with Gasteiger partial charge in [0.15, 0.2) is 0 Å². The Morgan fingerprint density at radius 3 is 2.60 bits per heavy atom. The lowest BCUT2D eigenvalue weighted by Crippen LogP contribution is -2.21. The minimum atomic E-state index is -2.37. The summed E-state index contributed by atoms with van der Waals surface area (Å²) in [4.78, 5) is 10.1. The minimum Gasteiger partial charge on any atom is -0.476 e. The normalized spacial score (nSPS) is 11.5. The molecule has 0 aliphatic carbocycles. The zero-order chi connectivity index (χ0) is 11.3. The number of carboxylic acids is 1. The number of hydrogen-bond acceptors (Lipinski definition) is 3. The first kappa shape index (κ1) is 11.0. The predicted octanol–water partition coefficient (Wildman–Crippen LogP) is 1.51. The van der Waals surface area contributed by atoms with Gasteiger partial charge in [-0.1, -0.05) is 12.1 Å². The largest absolute Gasteiger partial charge is 0.476 e. The van der Waals surface area contributed by atoms with Crippen LogP contribution in [0.1, 0.15) is 5.56 Å². The minimum absolute atomic E-state index is 0.117. The zero-order valence-corrected chi connectivity index (χ0v) is 7.68. The van der Waals surface area contributed by atoms with Crippen LogP contribution in [0.5, 0.6) is 5.75 Å². The molecule has 15 heavy (non-hydrogen) atoms. The lowest BCUT2D eigenvalue weighted by Gasteiger charge is -2.07. The molecule has 1 rings (SSSR count). The number of ether oxygens (including phenoxy) is 1. The van der Waals surface area contributed by atoms with Gasteiger partial charge in [-0.15, -0.1) is 0 Å². The van der Waals surface area contributed by atoms with Gasteiger partial charge in [0.2, 0.25) is 0 Å². The number of aliphatic carboxylic acids is 1. The Balaban J connectivity index is 2.65. The van der Waals surface area contributed by atoms with Gasteiger partial charge in [0.1, 0.15) is 5.75 Å². The fourth-order valence-corrected chi connectivity index (χ4v) is 0.947. The van der Waals surface area contributed by atoms with E-state index in [0.29, 0.717) is 0 Å². The molecule has 78 valence electrons. The molecule has 1 aromatic rings. The maximum atomic E-state index is 12.6. The fourth-order valence-electron chi connectivity index (χ4n) is 0.947. The van der Waals surface area contributed by atoms with Gasteiger partial charge >= 0.3 is 12.3 Å². The quantitative estimate of drug-likeness (QED) is 0.815. The van der Waals surface area contributed by atoms with E-state index >= 15 is 0 Å². The van der Waals surface area contributed by atoms with Crippen molar-refractivity contribution in [3.63, 3.8) is 0 Å². The summed E-state index contributed by atoms with van der Waals surface area (Å²) in [5.41, 5.74) is 0.760. The van der Waals surface area contributed by atoms with Crippen LogP contribution in [0.25, 0.3) is 0 Å². The average molecular weight is 209 g/mol. The summed E-state index contributed by atoms with van der Waals surface area (Å²) in [6, 6.07) is 7.94. The highest BCUT2D eigenvalue weighted by atomic mass is 19.1. The van der Waals surface area contributed by atoms with Crippen molar-refractivity contribution < 1.29 is 19.0 Å². The topological polar surface area (TPSA) is 70.3 Å². The smallest absolute Gasteiger partial charge is 0.378 e. The summed E-state index contributed by atoms with van der Waals surface area (Å²) < 4.78 is 17.0. The first-order valence-electron chi connectivity index (χ1n) is 4.13. The molecular weight excluding hydrogens is 201 g/mol. The second-order valence-corrected chi connectivity index (χ2v) is 2.75. The molecule has 0 spiro atoms. The Bertz CT molecular complexity index is 383. The van der Waals surface area contributed by atoms with Gasteiger partial charge in [-0.2, -0.15) is 9.65 Å². The van der Waals surface area contributed by atoms with E-state index in [1.54, 1.807) is 12.1 Å². The van der Waals surface area contributed by atoms with Gasteiger partial charge in [0.25, 0.3) is 0 Å². The summed E-state index contributed by atoms with van der Waals surface area (Å²) in [7, 11) is 0. The Morgan fingerprint density at radius 2 is 2.13 bits per heavy atom. The number of carboxylic acid groups (broad SMARTS) is 1. The van der Waals surface area contributed by atoms with Crippen molar-refractivity contribution in [1.29, 1.82) is 5.26 Å².